The molecule has 0 amide bonds. The molecule has 0 saturated carbocycles. The Kier molecular flexibility index (Phi) is 2.49. The molecule has 68 valence electrons. The van der Waals surface area contributed by atoms with E-state index in [4.69, 9.17) is 0 Å². The van der Waals surface area contributed by atoms with Crippen molar-refractivity contribution >= 4 is 6.91 Å². The molecular weight excluding hydrogens is 167 g/mol. The zero-order valence-electron chi connectivity index (χ0n) is 8.62. The van der Waals surface area contributed by atoms with Crippen molar-refractivity contribution in [2.24, 2.45) is 0 Å². The Morgan fingerprint density at radius 1 is 0.929 bits per heavy atom. The van der Waals surface area contributed by atoms with E-state index in [-0.39, 0.29) is 0 Å². The Bertz CT molecular complexity index is 412. The van der Waals surface area contributed by atoms with Crippen LogP contribution in [0.3, 0.4) is 0 Å². The Labute approximate surface area is 85.8 Å². The average Bonchev–Trinajstić information content (AvgIpc) is 2.18. The third-order valence-electron chi connectivity index (χ3n) is 2.33. The van der Waals surface area contributed by atoms with Crippen LogP contribution in [0.1, 0.15) is 11.1 Å². The zero-order valence-corrected chi connectivity index (χ0v) is 8.62. The van der Waals surface area contributed by atoms with Crippen LogP contribution in [0, 0.1) is 13.8 Å². The first-order chi connectivity index (χ1) is 6.75. The normalized spacial score (nSPS) is 9.86. The zero-order chi connectivity index (χ0) is 9.97. The molecule has 1 heteroatoms. The van der Waals surface area contributed by atoms with Gasteiger partial charge in [0.05, 0.1) is 0 Å². The molecule has 1 heterocycles. The number of hydrogen-bond donors (Lipinski definition) is 0. The predicted molar refractivity (Wildman–Crippen MR) is 62.7 cm³/mol. The van der Waals surface area contributed by atoms with Crippen molar-refractivity contribution in [3.05, 3.63) is 53.5 Å². The number of aryl methyl sites for hydroxylation is 2. The van der Waals surface area contributed by atoms with Crippen LogP contribution in [0.5, 0.6) is 0 Å². The Morgan fingerprint density at radius 3 is 2.21 bits per heavy atom. The van der Waals surface area contributed by atoms with E-state index in [0.717, 1.165) is 0 Å². The van der Waals surface area contributed by atoms with Gasteiger partial charge in [-0.2, -0.15) is 0 Å². The van der Waals surface area contributed by atoms with Gasteiger partial charge in [0.2, 0.25) is 0 Å². The maximum absolute atomic E-state index is 2.22. The molecule has 14 heavy (non-hydrogen) atoms. The second-order valence-corrected chi connectivity index (χ2v) is 3.74. The van der Waals surface area contributed by atoms with Crippen molar-refractivity contribution in [2.75, 3.05) is 0 Å². The van der Waals surface area contributed by atoms with Gasteiger partial charge in [-0.1, -0.05) is 0 Å². The van der Waals surface area contributed by atoms with Gasteiger partial charge in [0.1, 0.15) is 0 Å². The van der Waals surface area contributed by atoms with E-state index in [1.54, 1.807) is 0 Å². The molecule has 0 N–H and O–H groups in total. The van der Waals surface area contributed by atoms with Gasteiger partial charge in [0, 0.05) is 0 Å². The van der Waals surface area contributed by atoms with Crippen molar-refractivity contribution < 1.29 is 0 Å². The topological polar surface area (TPSA) is 0 Å². The summed E-state index contributed by atoms with van der Waals surface area (Å²) in [6, 6.07) is 12.9. The van der Waals surface area contributed by atoms with Crippen LogP contribution in [0.2, 0.25) is 0 Å². The van der Waals surface area contributed by atoms with Gasteiger partial charge >= 0.3 is 85.3 Å². The molecule has 0 saturated heterocycles. The van der Waals surface area contributed by atoms with E-state index in [2.05, 4.69) is 57.1 Å². The van der Waals surface area contributed by atoms with Crippen LogP contribution in [0.4, 0.5) is 0 Å². The summed E-state index contributed by atoms with van der Waals surface area (Å²) in [6.07, 6.45) is 0. The van der Waals surface area contributed by atoms with Gasteiger partial charge < -0.3 is 0 Å². The summed E-state index contributed by atoms with van der Waals surface area (Å²) in [7, 11) is 0. The first-order valence-electron chi connectivity index (χ1n) is 4.89. The Hall–Kier alpha value is -1.37. The van der Waals surface area contributed by atoms with Crippen molar-refractivity contribution in [1.82, 2.24) is 0 Å². The molecule has 0 radical (unpaired) electrons. The molecule has 0 aliphatic heterocycles. The van der Waals surface area contributed by atoms with E-state index in [0.29, 0.717) is 0 Å². The second kappa shape index (κ2) is 3.79. The van der Waals surface area contributed by atoms with E-state index < -0.39 is 0 Å². The third kappa shape index (κ3) is 1.93. The van der Waals surface area contributed by atoms with Crippen LogP contribution in [-0.2, 0) is 0 Å². The van der Waals surface area contributed by atoms with Crippen LogP contribution in [-0.4, -0.2) is 6.91 Å². The summed E-state index contributed by atoms with van der Waals surface area (Å²) >= 11 is 0. The van der Waals surface area contributed by atoms with Crippen molar-refractivity contribution in [2.45, 2.75) is 13.8 Å². The van der Waals surface area contributed by atoms with Crippen LogP contribution in [0.15, 0.2) is 42.4 Å². The molecule has 0 fully saturated rings. The van der Waals surface area contributed by atoms with Crippen molar-refractivity contribution in [3.63, 3.8) is 0 Å². The number of hydrogen-bond acceptors (Lipinski definition) is 0. The summed E-state index contributed by atoms with van der Waals surface area (Å²) in [5.41, 5.74) is 5.25. The van der Waals surface area contributed by atoms with Crippen molar-refractivity contribution in [3.8, 4) is 11.0 Å². The molecule has 1 aromatic heterocycles. The summed E-state index contributed by atoms with van der Waals surface area (Å²) in [6.45, 7) is 6.42. The average molecular weight is 180 g/mol. The van der Waals surface area contributed by atoms with Gasteiger partial charge in [-0.05, 0) is 0 Å². The Morgan fingerprint density at radius 2 is 1.64 bits per heavy atom. The summed E-state index contributed by atoms with van der Waals surface area (Å²) in [5.74, 6) is 2.08. The first-order valence-corrected chi connectivity index (χ1v) is 4.89. The first kappa shape index (κ1) is 9.20. The van der Waals surface area contributed by atoms with Gasteiger partial charge in [0.25, 0.3) is 0 Å². The number of rotatable bonds is 1. The van der Waals surface area contributed by atoms with Crippen molar-refractivity contribution in [1.29, 1.82) is 0 Å². The van der Waals surface area contributed by atoms with Crippen LogP contribution in [0.25, 0.3) is 11.0 Å². The molecular formula is C13H13B. The number of benzene rings is 1. The molecule has 0 spiro atoms. The fraction of sp³-hybridized carbons (Fsp3) is 0.154. The van der Waals surface area contributed by atoms with E-state index in [9.17, 15) is 0 Å². The molecule has 0 bridgehead atoms. The second-order valence-electron chi connectivity index (χ2n) is 3.74. The van der Waals surface area contributed by atoms with E-state index in [1.165, 1.54) is 22.1 Å². The standard InChI is InChI=1S/C13H13B/c1-10-7-11(2)9-12(8-10)13-5-3-4-6-14-13/h3-9H,1-2H3. The molecule has 0 atom stereocenters. The van der Waals surface area contributed by atoms with Gasteiger partial charge in [-0.3, -0.25) is 0 Å². The maximum atomic E-state index is 2.22. The molecule has 1 aromatic carbocycles. The van der Waals surface area contributed by atoms with Gasteiger partial charge in [-0.15, -0.1) is 0 Å². The molecule has 2 rings (SSSR count). The SMILES string of the molecule is Cc1cc(C)cc(-c2bcccc2)c1. The van der Waals surface area contributed by atoms with Crippen LogP contribution < -0.4 is 0 Å². The van der Waals surface area contributed by atoms with Crippen LogP contribution >= 0.6 is 0 Å². The third-order valence-corrected chi connectivity index (χ3v) is 2.33. The summed E-state index contributed by atoms with van der Waals surface area (Å²) in [4.78, 5) is 0. The Balaban J connectivity index is 2.52. The fourth-order valence-corrected chi connectivity index (χ4v) is 1.77. The quantitative estimate of drug-likeness (QED) is 0.631. The summed E-state index contributed by atoms with van der Waals surface area (Å²) < 4.78 is 0. The minimum absolute atomic E-state index is 1.29. The van der Waals surface area contributed by atoms with Gasteiger partial charge in [0.15, 0.2) is 0 Å². The van der Waals surface area contributed by atoms with E-state index in [1.807, 2.05) is 6.07 Å². The molecule has 2 aromatic rings. The molecule has 0 nitrogen and oxygen atoms in total. The summed E-state index contributed by atoms with van der Waals surface area (Å²) in [5, 5.41) is 0. The fourth-order valence-electron chi connectivity index (χ4n) is 1.77. The minimum atomic E-state index is 1.29. The predicted octanol–water partition coefficient (Wildman–Crippen LogP) is 3.31. The van der Waals surface area contributed by atoms with E-state index >= 15 is 0 Å². The molecule has 0 unspecified atom stereocenters. The molecule has 0 aliphatic carbocycles. The monoisotopic (exact) mass is 180 g/mol. The molecule has 0 aliphatic rings. The van der Waals surface area contributed by atoms with Gasteiger partial charge in [-0.25, -0.2) is 0 Å².